The molecule has 1 amide bonds. The first kappa shape index (κ1) is 22.8. The number of amides is 1. The van der Waals surface area contributed by atoms with Gasteiger partial charge < -0.3 is 16.0 Å². The predicted octanol–water partition coefficient (Wildman–Crippen LogP) is 3.77. The van der Waals surface area contributed by atoms with Gasteiger partial charge in [-0.25, -0.2) is 4.98 Å². The molecule has 7 nitrogen and oxygen atoms in total. The second-order valence-electron chi connectivity index (χ2n) is 7.53. The number of piperidine rings is 1. The van der Waals surface area contributed by atoms with Crippen LogP contribution in [0, 0.1) is 0 Å². The molecule has 3 rings (SSSR count). The molecular weight excluding hydrogens is 409 g/mol. The second kappa shape index (κ2) is 10.4. The van der Waals surface area contributed by atoms with Crippen LogP contribution in [0.25, 0.3) is 0 Å². The number of nitrogens with zero attached hydrogens (tertiary/aromatic N) is 3. The van der Waals surface area contributed by atoms with Crippen molar-refractivity contribution in [1.29, 1.82) is 0 Å². The minimum absolute atomic E-state index is 0.0603. The lowest BCUT2D eigenvalue weighted by atomic mass is 10.1. The van der Waals surface area contributed by atoms with E-state index in [4.69, 9.17) is 0 Å². The zero-order valence-electron chi connectivity index (χ0n) is 17.4. The number of nitrogens with one attached hydrogen (secondary N) is 3. The van der Waals surface area contributed by atoms with Crippen LogP contribution in [0.3, 0.4) is 0 Å². The highest BCUT2D eigenvalue weighted by molar-refractivity contribution is 5.72. The van der Waals surface area contributed by atoms with Gasteiger partial charge in [0.15, 0.2) is 0 Å². The number of hydrogen-bond donors (Lipinski definition) is 3. The number of anilines is 3. The SMILES string of the molecule is CC(=O)NCCNc1nc(Nc2cccc(CN3CCCCC3)c2)ncc1C(F)(F)F. The molecule has 1 fully saturated rings. The van der Waals surface area contributed by atoms with Crippen LogP contribution in [-0.4, -0.2) is 47.0 Å². The summed E-state index contributed by atoms with van der Waals surface area (Å²) in [6.07, 6.45) is -0.161. The van der Waals surface area contributed by atoms with Gasteiger partial charge in [-0.2, -0.15) is 18.2 Å². The third-order valence-corrected chi connectivity index (χ3v) is 4.92. The summed E-state index contributed by atoms with van der Waals surface area (Å²) in [4.78, 5) is 21.2. The number of carbonyl (C=O) groups is 1. The van der Waals surface area contributed by atoms with Crippen molar-refractivity contribution in [2.75, 3.05) is 36.8 Å². The van der Waals surface area contributed by atoms with Gasteiger partial charge in [-0.15, -0.1) is 0 Å². The summed E-state index contributed by atoms with van der Waals surface area (Å²) >= 11 is 0. The average molecular weight is 436 g/mol. The molecule has 1 aliphatic rings. The fraction of sp³-hybridized carbons (Fsp3) is 0.476. The van der Waals surface area contributed by atoms with E-state index in [1.165, 1.54) is 26.2 Å². The number of rotatable bonds is 8. The van der Waals surface area contributed by atoms with Gasteiger partial charge in [0.25, 0.3) is 0 Å². The van der Waals surface area contributed by atoms with E-state index in [1.54, 1.807) is 0 Å². The molecule has 0 atom stereocenters. The maximum atomic E-state index is 13.3. The van der Waals surface area contributed by atoms with E-state index in [2.05, 4.69) is 30.8 Å². The summed E-state index contributed by atoms with van der Waals surface area (Å²) in [6.45, 7) is 4.61. The largest absolute Gasteiger partial charge is 0.421 e. The highest BCUT2D eigenvalue weighted by Gasteiger charge is 2.35. The van der Waals surface area contributed by atoms with Crippen molar-refractivity contribution in [2.24, 2.45) is 0 Å². The third-order valence-electron chi connectivity index (χ3n) is 4.92. The summed E-state index contributed by atoms with van der Waals surface area (Å²) < 4.78 is 39.9. The lowest BCUT2D eigenvalue weighted by Gasteiger charge is -2.26. The number of benzene rings is 1. The van der Waals surface area contributed by atoms with Crippen LogP contribution < -0.4 is 16.0 Å². The molecule has 0 radical (unpaired) electrons. The van der Waals surface area contributed by atoms with E-state index in [0.717, 1.165) is 31.4 Å². The molecule has 0 aliphatic carbocycles. The van der Waals surface area contributed by atoms with Crippen molar-refractivity contribution in [3.8, 4) is 0 Å². The van der Waals surface area contributed by atoms with Crippen LogP contribution in [0.15, 0.2) is 30.5 Å². The zero-order valence-corrected chi connectivity index (χ0v) is 17.4. The number of carbonyl (C=O) groups excluding carboxylic acids is 1. The maximum Gasteiger partial charge on any atom is 0.421 e. The summed E-state index contributed by atoms with van der Waals surface area (Å²) in [5.41, 5.74) is 0.866. The Morgan fingerprint density at radius 3 is 2.65 bits per heavy atom. The van der Waals surface area contributed by atoms with Crippen LogP contribution in [0.5, 0.6) is 0 Å². The Morgan fingerprint density at radius 1 is 1.16 bits per heavy atom. The summed E-state index contributed by atoms with van der Waals surface area (Å²) in [6, 6.07) is 7.71. The normalized spacial score (nSPS) is 14.8. The number of likely N-dealkylation sites (tertiary alicyclic amines) is 1. The van der Waals surface area contributed by atoms with Crippen molar-refractivity contribution in [2.45, 2.75) is 38.9 Å². The standard InChI is InChI=1S/C21H27F3N6O/c1-15(31)25-8-9-26-19-18(21(22,23)24)13-27-20(29-19)28-17-7-5-6-16(12-17)14-30-10-3-2-4-11-30/h5-7,12-13H,2-4,8-11,14H2,1H3,(H,25,31)(H2,26,27,28,29). The molecule has 2 heterocycles. The van der Waals surface area contributed by atoms with Crippen LogP contribution in [0.2, 0.25) is 0 Å². The number of aromatic nitrogens is 2. The summed E-state index contributed by atoms with van der Waals surface area (Å²) in [5.74, 6) is -0.530. The van der Waals surface area contributed by atoms with Gasteiger partial charge in [0, 0.05) is 38.4 Å². The van der Waals surface area contributed by atoms with E-state index in [9.17, 15) is 18.0 Å². The number of halogens is 3. The average Bonchev–Trinajstić information content (AvgIpc) is 2.71. The van der Waals surface area contributed by atoms with Crippen molar-refractivity contribution in [3.63, 3.8) is 0 Å². The maximum absolute atomic E-state index is 13.3. The molecule has 0 saturated carbocycles. The molecule has 2 aromatic rings. The minimum Gasteiger partial charge on any atom is -0.368 e. The molecule has 168 valence electrons. The lowest BCUT2D eigenvalue weighted by molar-refractivity contribution is -0.137. The third kappa shape index (κ3) is 7.09. The molecule has 1 aliphatic heterocycles. The van der Waals surface area contributed by atoms with Crippen LogP contribution in [-0.2, 0) is 17.5 Å². The van der Waals surface area contributed by atoms with Gasteiger partial charge in [-0.1, -0.05) is 18.6 Å². The molecule has 3 N–H and O–H groups in total. The quantitative estimate of drug-likeness (QED) is 0.547. The van der Waals surface area contributed by atoms with E-state index in [-0.39, 0.29) is 30.8 Å². The van der Waals surface area contributed by atoms with E-state index < -0.39 is 11.7 Å². The molecule has 10 heteroatoms. The molecule has 31 heavy (non-hydrogen) atoms. The van der Waals surface area contributed by atoms with Crippen molar-refractivity contribution >= 4 is 23.4 Å². The fourth-order valence-electron chi connectivity index (χ4n) is 3.46. The number of alkyl halides is 3. The summed E-state index contributed by atoms with van der Waals surface area (Å²) in [7, 11) is 0. The first-order chi connectivity index (χ1) is 14.8. The van der Waals surface area contributed by atoms with Gasteiger partial charge >= 0.3 is 6.18 Å². The Kier molecular flexibility index (Phi) is 7.67. The Labute approximate surface area is 179 Å². The highest BCUT2D eigenvalue weighted by Crippen LogP contribution is 2.34. The van der Waals surface area contributed by atoms with E-state index >= 15 is 0 Å². The molecule has 0 bridgehead atoms. The highest BCUT2D eigenvalue weighted by atomic mass is 19.4. The molecule has 0 unspecified atom stereocenters. The minimum atomic E-state index is -4.59. The monoisotopic (exact) mass is 436 g/mol. The van der Waals surface area contributed by atoms with Gasteiger partial charge in [0.1, 0.15) is 11.4 Å². The fourth-order valence-corrected chi connectivity index (χ4v) is 3.46. The molecule has 1 aromatic carbocycles. The van der Waals surface area contributed by atoms with Gasteiger partial charge in [-0.05, 0) is 43.6 Å². The Morgan fingerprint density at radius 2 is 1.94 bits per heavy atom. The van der Waals surface area contributed by atoms with Crippen LogP contribution in [0.1, 0.15) is 37.3 Å². The first-order valence-electron chi connectivity index (χ1n) is 10.3. The molecule has 1 saturated heterocycles. The second-order valence-corrected chi connectivity index (χ2v) is 7.53. The van der Waals surface area contributed by atoms with Gasteiger partial charge in [-0.3, -0.25) is 9.69 Å². The summed E-state index contributed by atoms with van der Waals surface area (Å²) in [5, 5.41) is 8.15. The van der Waals surface area contributed by atoms with Crippen LogP contribution >= 0.6 is 0 Å². The number of hydrogen-bond acceptors (Lipinski definition) is 6. The molecule has 0 spiro atoms. The van der Waals surface area contributed by atoms with E-state index in [0.29, 0.717) is 5.69 Å². The van der Waals surface area contributed by atoms with E-state index in [1.807, 2.05) is 24.3 Å². The van der Waals surface area contributed by atoms with Crippen molar-refractivity contribution in [1.82, 2.24) is 20.2 Å². The Bertz CT molecular complexity index is 884. The zero-order chi connectivity index (χ0) is 22.3. The van der Waals surface area contributed by atoms with Gasteiger partial charge in [0.05, 0.1) is 0 Å². The Balaban J connectivity index is 1.71. The van der Waals surface area contributed by atoms with Gasteiger partial charge in [0.2, 0.25) is 11.9 Å². The smallest absolute Gasteiger partial charge is 0.368 e. The topological polar surface area (TPSA) is 82.2 Å². The van der Waals surface area contributed by atoms with Crippen molar-refractivity contribution in [3.05, 3.63) is 41.6 Å². The predicted molar refractivity (Wildman–Crippen MR) is 113 cm³/mol. The lowest BCUT2D eigenvalue weighted by Crippen LogP contribution is -2.29. The van der Waals surface area contributed by atoms with Crippen LogP contribution in [0.4, 0.5) is 30.6 Å². The molecular formula is C21H27F3N6O. The molecule has 1 aromatic heterocycles. The Hall–Kier alpha value is -2.88. The first-order valence-corrected chi connectivity index (χ1v) is 10.3. The van der Waals surface area contributed by atoms with Crippen molar-refractivity contribution < 1.29 is 18.0 Å².